The van der Waals surface area contributed by atoms with Gasteiger partial charge in [-0.2, -0.15) is 0 Å². The van der Waals surface area contributed by atoms with E-state index in [9.17, 15) is 13.9 Å². The Balaban J connectivity index is 0.000000480. The number of aryl methyl sites for hydroxylation is 3. The molecule has 1 saturated carbocycles. The summed E-state index contributed by atoms with van der Waals surface area (Å²) >= 11 is 0. The highest BCUT2D eigenvalue weighted by Crippen LogP contribution is 2.40. The van der Waals surface area contributed by atoms with Crippen molar-refractivity contribution >= 4 is 17.3 Å². The molecule has 1 unspecified atom stereocenters. The summed E-state index contributed by atoms with van der Waals surface area (Å²) in [4.78, 5) is 14.2. The summed E-state index contributed by atoms with van der Waals surface area (Å²) in [5, 5.41) is 14.3. The van der Waals surface area contributed by atoms with Gasteiger partial charge in [0.25, 0.3) is 0 Å². The van der Waals surface area contributed by atoms with Gasteiger partial charge in [0.1, 0.15) is 17.9 Å². The lowest BCUT2D eigenvalue weighted by Crippen LogP contribution is -2.24. The van der Waals surface area contributed by atoms with E-state index < -0.39 is 11.6 Å². The molecule has 1 aliphatic carbocycles. The quantitative estimate of drug-likeness (QED) is 0.180. The molecular weight excluding hydrogens is 608 g/mol. The molecule has 0 bridgehead atoms. The van der Waals surface area contributed by atoms with Crippen LogP contribution in [0.2, 0.25) is 0 Å². The van der Waals surface area contributed by atoms with E-state index >= 15 is 0 Å². The van der Waals surface area contributed by atoms with E-state index in [4.69, 9.17) is 14.3 Å². The van der Waals surface area contributed by atoms with Gasteiger partial charge in [0, 0.05) is 17.5 Å². The third kappa shape index (κ3) is 10.8. The highest BCUT2D eigenvalue weighted by Gasteiger charge is 2.30. The first kappa shape index (κ1) is 40.8. The van der Waals surface area contributed by atoms with Gasteiger partial charge >= 0.3 is 0 Å². The molecule has 0 aliphatic heterocycles. The summed E-state index contributed by atoms with van der Waals surface area (Å²) in [7, 11) is 0. The van der Waals surface area contributed by atoms with E-state index in [1.54, 1.807) is 6.92 Å². The Morgan fingerprint density at radius 3 is 2.12 bits per heavy atom. The number of fused-ring (bicyclic) bond motifs is 1. The Bertz CT molecular complexity index is 1520. The van der Waals surface area contributed by atoms with Crippen molar-refractivity contribution in [2.45, 2.75) is 139 Å². The number of hydrogen-bond donors (Lipinski definition) is 1. The lowest BCUT2D eigenvalue weighted by Gasteiger charge is -2.32. The minimum absolute atomic E-state index is 0.156. The van der Waals surface area contributed by atoms with Crippen LogP contribution in [0.5, 0.6) is 0 Å². The van der Waals surface area contributed by atoms with Gasteiger partial charge in [0.15, 0.2) is 11.6 Å². The van der Waals surface area contributed by atoms with Crippen LogP contribution in [0.1, 0.15) is 135 Å². The largest absolute Gasteiger partial charge is 0.393 e. The van der Waals surface area contributed by atoms with E-state index in [2.05, 4.69) is 55.6 Å². The number of imidazole rings is 1. The molecule has 6 nitrogen and oxygen atoms in total. The van der Waals surface area contributed by atoms with Gasteiger partial charge < -0.3 is 19.0 Å². The number of rotatable bonds is 9. The zero-order valence-electron chi connectivity index (χ0n) is 30.9. The van der Waals surface area contributed by atoms with Crippen LogP contribution in [0.3, 0.4) is 0 Å². The number of carbonyl (C=O) groups excluding carboxylic acids is 1. The second-order valence-electron chi connectivity index (χ2n) is 12.9. The average molecular weight is 668 g/mol. The van der Waals surface area contributed by atoms with Gasteiger partial charge in [0.2, 0.25) is 0 Å². The van der Waals surface area contributed by atoms with Crippen LogP contribution in [0.4, 0.5) is 8.78 Å². The van der Waals surface area contributed by atoms with E-state index in [-0.39, 0.29) is 6.10 Å². The number of aromatic nitrogens is 3. The average Bonchev–Trinajstić information content (AvgIpc) is 3.62. The van der Waals surface area contributed by atoms with E-state index in [0.29, 0.717) is 17.9 Å². The number of carbonyl (C=O) groups is 1. The zero-order valence-corrected chi connectivity index (χ0v) is 30.9. The lowest BCUT2D eigenvalue weighted by molar-refractivity contribution is -0.106. The maximum atomic E-state index is 12.2. The standard InChI is InChI=1S/C29H43N3O2.C7H6F2.C2H4O.C2H6/c1-7-18(3)9-15-25(19(4)8-2)29-30-26-17-22(28-20(5)31-34-21(28)6)10-16-27(26)32(29)23-11-13-24(33)14-12-23;1-5-2-3-6(8)7(9)4-5;1-2-3;1-2/h10,16-19,23-25,33H,7-9,11-15H2,1-6H3;2-4H,1H3;2H,1H3;1-2H3/t18-,19-,23?,24?,25?;;;/m1.../s1. The molecule has 8 heteroatoms. The molecule has 4 aromatic rings. The minimum atomic E-state index is -0.791. The number of halogens is 2. The third-order valence-corrected chi connectivity index (χ3v) is 9.48. The molecule has 48 heavy (non-hydrogen) atoms. The first-order chi connectivity index (χ1) is 22.9. The number of nitrogens with zero attached hydrogens (tertiary/aromatic N) is 3. The van der Waals surface area contributed by atoms with Crippen LogP contribution in [0.25, 0.3) is 22.2 Å². The highest BCUT2D eigenvalue weighted by atomic mass is 19.2. The van der Waals surface area contributed by atoms with Crippen LogP contribution in [0.15, 0.2) is 40.9 Å². The van der Waals surface area contributed by atoms with E-state index in [0.717, 1.165) is 90.1 Å². The number of aliphatic hydroxyl groups excluding tert-OH is 1. The molecule has 266 valence electrons. The molecule has 2 heterocycles. The molecule has 3 atom stereocenters. The SMILES string of the molecule is CC.CC=O.CC[C@@H](C)CCC(c1nc2cc(-c3c(C)noc3C)ccc2n1C1CCC(O)CC1)[C@H](C)CC.Cc1ccc(F)c(F)c1. The van der Waals surface area contributed by atoms with Gasteiger partial charge in [-0.1, -0.05) is 78.1 Å². The Labute approximate surface area is 287 Å². The first-order valence-corrected chi connectivity index (χ1v) is 17.9. The fraction of sp³-hybridized carbons (Fsp3) is 0.575. The summed E-state index contributed by atoms with van der Waals surface area (Å²) < 4.78 is 32.3. The topological polar surface area (TPSA) is 81.2 Å². The minimum Gasteiger partial charge on any atom is -0.393 e. The van der Waals surface area contributed by atoms with Crippen molar-refractivity contribution in [2.75, 3.05) is 0 Å². The van der Waals surface area contributed by atoms with E-state index in [1.807, 2.05) is 27.7 Å². The van der Waals surface area contributed by atoms with Crippen molar-refractivity contribution in [1.29, 1.82) is 0 Å². The predicted molar refractivity (Wildman–Crippen MR) is 193 cm³/mol. The fourth-order valence-electron chi connectivity index (χ4n) is 6.35. The predicted octanol–water partition coefficient (Wildman–Crippen LogP) is 11.2. The number of aliphatic hydroxyl groups is 1. The Morgan fingerprint density at radius 1 is 0.958 bits per heavy atom. The maximum absolute atomic E-state index is 12.2. The normalized spacial score (nSPS) is 17.5. The number of hydrogen-bond acceptors (Lipinski definition) is 5. The Morgan fingerprint density at radius 2 is 1.60 bits per heavy atom. The van der Waals surface area contributed by atoms with Crippen molar-refractivity contribution in [3.8, 4) is 11.1 Å². The summed E-state index contributed by atoms with van der Waals surface area (Å²) in [5.41, 5.74) is 6.14. The van der Waals surface area contributed by atoms with Gasteiger partial charge in [-0.3, -0.25) is 0 Å². The van der Waals surface area contributed by atoms with Crippen molar-refractivity contribution in [3.05, 3.63) is 70.9 Å². The molecule has 0 radical (unpaired) electrons. The number of benzene rings is 2. The molecule has 1 N–H and O–H groups in total. The van der Waals surface area contributed by atoms with Crippen LogP contribution >= 0.6 is 0 Å². The fourth-order valence-corrected chi connectivity index (χ4v) is 6.35. The summed E-state index contributed by atoms with van der Waals surface area (Å²) in [6.45, 7) is 20.5. The Hall–Kier alpha value is -3.39. The Kier molecular flexibility index (Phi) is 17.2. The molecule has 5 rings (SSSR count). The van der Waals surface area contributed by atoms with Crippen LogP contribution < -0.4 is 0 Å². The molecule has 0 amide bonds. The molecule has 0 saturated heterocycles. The second kappa shape index (κ2) is 20.2. The van der Waals surface area contributed by atoms with Gasteiger partial charge in [0.05, 0.1) is 22.8 Å². The third-order valence-electron chi connectivity index (χ3n) is 9.48. The lowest BCUT2D eigenvalue weighted by atomic mass is 9.84. The smallest absolute Gasteiger partial charge is 0.159 e. The monoisotopic (exact) mass is 667 g/mol. The van der Waals surface area contributed by atoms with Gasteiger partial charge in [-0.25, -0.2) is 13.8 Å². The van der Waals surface area contributed by atoms with Crippen molar-refractivity contribution < 1.29 is 23.2 Å². The molecule has 2 aromatic heterocycles. The second-order valence-corrected chi connectivity index (χ2v) is 12.9. The van der Waals surface area contributed by atoms with Crippen LogP contribution in [-0.2, 0) is 4.79 Å². The summed E-state index contributed by atoms with van der Waals surface area (Å²) in [5.74, 6) is 2.29. The summed E-state index contributed by atoms with van der Waals surface area (Å²) in [6.07, 6.45) is 9.18. The highest BCUT2D eigenvalue weighted by molar-refractivity contribution is 5.84. The molecule has 1 aliphatic rings. The number of aldehydes is 1. The van der Waals surface area contributed by atoms with Crippen LogP contribution in [0, 0.1) is 44.2 Å². The molecule has 0 spiro atoms. The van der Waals surface area contributed by atoms with Gasteiger partial charge in [-0.05, 0) is 107 Å². The zero-order chi connectivity index (χ0) is 36.0. The van der Waals surface area contributed by atoms with Crippen molar-refractivity contribution in [1.82, 2.24) is 14.7 Å². The van der Waals surface area contributed by atoms with E-state index in [1.165, 1.54) is 43.6 Å². The van der Waals surface area contributed by atoms with Crippen molar-refractivity contribution in [2.24, 2.45) is 11.8 Å². The van der Waals surface area contributed by atoms with Crippen molar-refractivity contribution in [3.63, 3.8) is 0 Å². The maximum Gasteiger partial charge on any atom is 0.159 e. The first-order valence-electron chi connectivity index (χ1n) is 17.9. The van der Waals surface area contributed by atoms with Gasteiger partial charge in [-0.15, -0.1) is 0 Å². The molecule has 1 fully saturated rings. The van der Waals surface area contributed by atoms with Crippen LogP contribution in [-0.4, -0.2) is 32.2 Å². The molecule has 2 aromatic carbocycles. The molecular formula is C40H59F2N3O3. The summed E-state index contributed by atoms with van der Waals surface area (Å²) in [6, 6.07) is 10.9.